The first-order valence-corrected chi connectivity index (χ1v) is 12.1. The third-order valence-electron chi connectivity index (χ3n) is 4.91. The van der Waals surface area contributed by atoms with Gasteiger partial charge in [-0.3, -0.25) is 4.79 Å². The molecule has 0 aliphatic heterocycles. The van der Waals surface area contributed by atoms with Crippen LogP contribution in [0.1, 0.15) is 37.5 Å². The first kappa shape index (κ1) is 24.6. The second-order valence-corrected chi connectivity index (χ2v) is 10.00. The summed E-state index contributed by atoms with van der Waals surface area (Å²) in [7, 11) is 0. The molecule has 0 saturated carbocycles. The summed E-state index contributed by atoms with van der Waals surface area (Å²) >= 11 is 1.76. The lowest BCUT2D eigenvalue weighted by Crippen LogP contribution is -2.45. The molecule has 0 spiro atoms. The summed E-state index contributed by atoms with van der Waals surface area (Å²) in [5.74, 6) is 0.854. The van der Waals surface area contributed by atoms with Crippen molar-refractivity contribution in [2.45, 2.75) is 55.9 Å². The highest BCUT2D eigenvalue weighted by Crippen LogP contribution is 2.23. The summed E-state index contributed by atoms with van der Waals surface area (Å²) in [6, 6.07) is 27.4. The predicted molar refractivity (Wildman–Crippen MR) is 134 cm³/mol. The number of benzene rings is 3. The molecule has 0 bridgehead atoms. The van der Waals surface area contributed by atoms with Gasteiger partial charge < -0.3 is 10.1 Å². The van der Waals surface area contributed by atoms with Crippen molar-refractivity contribution in [2.24, 2.45) is 0 Å². The number of carbonyl (C=O) groups is 2. The van der Waals surface area contributed by atoms with Gasteiger partial charge >= 0.3 is 6.09 Å². The highest BCUT2D eigenvalue weighted by Gasteiger charge is 2.24. The average Bonchev–Trinajstić information content (AvgIpc) is 2.78. The molecule has 3 rings (SSSR count). The van der Waals surface area contributed by atoms with E-state index < -0.39 is 17.7 Å². The van der Waals surface area contributed by atoms with Crippen LogP contribution in [0, 0.1) is 0 Å². The highest BCUT2D eigenvalue weighted by atomic mass is 32.2. The van der Waals surface area contributed by atoms with Crippen LogP contribution in [0.3, 0.4) is 0 Å². The molecule has 33 heavy (non-hydrogen) atoms. The SMILES string of the molecule is CC(C)(C)OC(=O)N[C@@H](Cc1ccccc1)C(=O)Cc1ccc(SCc2ccccc2)cc1. The lowest BCUT2D eigenvalue weighted by atomic mass is 9.98. The van der Waals surface area contributed by atoms with Gasteiger partial charge in [0.2, 0.25) is 0 Å². The Balaban J connectivity index is 1.63. The van der Waals surface area contributed by atoms with E-state index in [0.29, 0.717) is 6.42 Å². The number of carbonyl (C=O) groups excluding carboxylic acids is 2. The van der Waals surface area contributed by atoms with Crippen LogP contribution in [-0.4, -0.2) is 23.5 Å². The van der Waals surface area contributed by atoms with Gasteiger partial charge in [0.25, 0.3) is 0 Å². The van der Waals surface area contributed by atoms with Gasteiger partial charge in [-0.2, -0.15) is 0 Å². The number of thioether (sulfide) groups is 1. The standard InChI is InChI=1S/C28H31NO3S/c1-28(2,3)32-27(31)29-25(18-21-10-6-4-7-11-21)26(30)19-22-14-16-24(17-15-22)33-20-23-12-8-5-9-13-23/h4-17,25H,18-20H2,1-3H3,(H,29,31)/t25-/m0/s1. The summed E-state index contributed by atoms with van der Waals surface area (Å²) in [4.78, 5) is 26.7. The van der Waals surface area contributed by atoms with Crippen LogP contribution in [0.5, 0.6) is 0 Å². The fourth-order valence-electron chi connectivity index (χ4n) is 3.31. The van der Waals surface area contributed by atoms with Gasteiger partial charge in [0.1, 0.15) is 5.60 Å². The molecule has 1 amide bonds. The number of amides is 1. The number of ether oxygens (including phenoxy) is 1. The van der Waals surface area contributed by atoms with E-state index >= 15 is 0 Å². The van der Waals surface area contributed by atoms with Gasteiger partial charge in [-0.15, -0.1) is 11.8 Å². The highest BCUT2D eigenvalue weighted by molar-refractivity contribution is 7.98. The Bertz CT molecular complexity index is 1030. The zero-order chi connectivity index (χ0) is 23.7. The maximum absolute atomic E-state index is 13.1. The Morgan fingerprint density at radius 2 is 1.39 bits per heavy atom. The molecule has 0 fully saturated rings. The first-order valence-electron chi connectivity index (χ1n) is 11.1. The molecule has 0 unspecified atom stereocenters. The number of alkyl carbamates (subject to hydrolysis) is 1. The molecule has 1 atom stereocenters. The molecule has 0 radical (unpaired) electrons. The molecular formula is C28H31NO3S. The third-order valence-corrected chi connectivity index (χ3v) is 6.00. The second kappa shape index (κ2) is 11.7. The fourth-order valence-corrected chi connectivity index (χ4v) is 4.17. The Kier molecular flexibility index (Phi) is 8.72. The molecule has 172 valence electrons. The smallest absolute Gasteiger partial charge is 0.408 e. The molecule has 1 N–H and O–H groups in total. The largest absolute Gasteiger partial charge is 0.444 e. The summed E-state index contributed by atoms with van der Waals surface area (Å²) in [5, 5.41) is 2.78. The topological polar surface area (TPSA) is 55.4 Å². The van der Waals surface area contributed by atoms with Crippen molar-refractivity contribution in [3.05, 3.63) is 102 Å². The zero-order valence-electron chi connectivity index (χ0n) is 19.4. The van der Waals surface area contributed by atoms with Crippen molar-refractivity contribution in [1.29, 1.82) is 0 Å². The Labute approximate surface area is 200 Å². The zero-order valence-corrected chi connectivity index (χ0v) is 20.2. The van der Waals surface area contributed by atoms with Gasteiger partial charge in [-0.25, -0.2) is 4.79 Å². The van der Waals surface area contributed by atoms with Crippen LogP contribution in [0.25, 0.3) is 0 Å². The minimum Gasteiger partial charge on any atom is -0.444 e. The number of nitrogens with one attached hydrogen (secondary N) is 1. The van der Waals surface area contributed by atoms with E-state index in [0.717, 1.165) is 21.8 Å². The monoisotopic (exact) mass is 461 g/mol. The Hall–Kier alpha value is -3.05. The van der Waals surface area contributed by atoms with Gasteiger partial charge in [0, 0.05) is 17.1 Å². The second-order valence-electron chi connectivity index (χ2n) is 8.95. The molecule has 3 aromatic rings. The molecule has 5 heteroatoms. The van der Waals surface area contributed by atoms with Gasteiger partial charge in [0.15, 0.2) is 5.78 Å². The normalized spacial score (nSPS) is 12.1. The van der Waals surface area contributed by atoms with Gasteiger partial charge in [-0.1, -0.05) is 72.8 Å². The van der Waals surface area contributed by atoms with E-state index in [1.54, 1.807) is 32.5 Å². The van der Waals surface area contributed by atoms with Crippen LogP contribution in [-0.2, 0) is 28.1 Å². The number of Topliss-reactive ketones (excluding diaryl/α,β-unsaturated/α-hetero) is 1. The van der Waals surface area contributed by atoms with E-state index in [9.17, 15) is 9.59 Å². The van der Waals surface area contributed by atoms with Crippen LogP contribution in [0.4, 0.5) is 4.79 Å². The van der Waals surface area contributed by atoms with E-state index in [1.807, 2.05) is 72.8 Å². The average molecular weight is 462 g/mol. The van der Waals surface area contributed by atoms with E-state index in [4.69, 9.17) is 4.74 Å². The summed E-state index contributed by atoms with van der Waals surface area (Å²) in [5.41, 5.74) is 2.56. The van der Waals surface area contributed by atoms with Gasteiger partial charge in [0.05, 0.1) is 6.04 Å². The van der Waals surface area contributed by atoms with Crippen molar-refractivity contribution in [3.63, 3.8) is 0 Å². The maximum atomic E-state index is 13.1. The van der Waals surface area contributed by atoms with Gasteiger partial charge in [-0.05, 0) is 56.0 Å². The first-order chi connectivity index (χ1) is 15.8. The summed E-state index contributed by atoms with van der Waals surface area (Å²) in [6.45, 7) is 5.41. The molecule has 4 nitrogen and oxygen atoms in total. The minimum absolute atomic E-state index is 0.0469. The van der Waals surface area contributed by atoms with Crippen molar-refractivity contribution >= 4 is 23.6 Å². The molecule has 0 aliphatic rings. The number of hydrogen-bond donors (Lipinski definition) is 1. The number of hydrogen-bond acceptors (Lipinski definition) is 4. The lowest BCUT2D eigenvalue weighted by Gasteiger charge is -2.23. The van der Waals surface area contributed by atoms with E-state index in [-0.39, 0.29) is 12.2 Å². The molecule has 3 aromatic carbocycles. The van der Waals surface area contributed by atoms with E-state index in [1.165, 1.54) is 5.56 Å². The van der Waals surface area contributed by atoms with Crippen molar-refractivity contribution in [1.82, 2.24) is 5.32 Å². The fraction of sp³-hybridized carbons (Fsp3) is 0.286. The Morgan fingerprint density at radius 3 is 1.97 bits per heavy atom. The quantitative estimate of drug-likeness (QED) is 0.384. The Morgan fingerprint density at radius 1 is 0.818 bits per heavy atom. The molecular weight excluding hydrogens is 430 g/mol. The molecule has 0 heterocycles. The maximum Gasteiger partial charge on any atom is 0.408 e. The lowest BCUT2D eigenvalue weighted by molar-refractivity contribution is -0.120. The minimum atomic E-state index is -0.658. The van der Waals surface area contributed by atoms with Crippen molar-refractivity contribution < 1.29 is 14.3 Å². The van der Waals surface area contributed by atoms with E-state index in [2.05, 4.69) is 17.4 Å². The van der Waals surface area contributed by atoms with Crippen LogP contribution in [0.2, 0.25) is 0 Å². The van der Waals surface area contributed by atoms with Crippen molar-refractivity contribution in [3.8, 4) is 0 Å². The predicted octanol–water partition coefficient (Wildman–Crippen LogP) is 6.23. The number of ketones is 1. The van der Waals surface area contributed by atoms with Crippen molar-refractivity contribution in [2.75, 3.05) is 0 Å². The van der Waals surface area contributed by atoms with Crippen LogP contribution < -0.4 is 5.32 Å². The number of rotatable bonds is 9. The third kappa shape index (κ3) is 8.78. The van der Waals surface area contributed by atoms with Crippen LogP contribution >= 0.6 is 11.8 Å². The van der Waals surface area contributed by atoms with Crippen LogP contribution in [0.15, 0.2) is 89.8 Å². The molecule has 0 aliphatic carbocycles. The summed E-state index contributed by atoms with van der Waals surface area (Å²) in [6.07, 6.45) is 0.0883. The molecule has 0 saturated heterocycles. The molecule has 0 aromatic heterocycles. The summed E-state index contributed by atoms with van der Waals surface area (Å²) < 4.78 is 5.38.